The summed E-state index contributed by atoms with van der Waals surface area (Å²) in [5.41, 5.74) is 1.32. The van der Waals surface area contributed by atoms with Gasteiger partial charge < -0.3 is 14.4 Å². The van der Waals surface area contributed by atoms with Gasteiger partial charge >= 0.3 is 12.1 Å². The van der Waals surface area contributed by atoms with Crippen molar-refractivity contribution in [3.8, 4) is 0 Å². The van der Waals surface area contributed by atoms with Gasteiger partial charge in [-0.3, -0.25) is 5.10 Å². The van der Waals surface area contributed by atoms with Gasteiger partial charge in [0.25, 0.3) is 0 Å². The lowest BCUT2D eigenvalue weighted by molar-refractivity contribution is 0.0233. The van der Waals surface area contributed by atoms with Crippen LogP contribution in [-0.2, 0) is 22.4 Å². The summed E-state index contributed by atoms with van der Waals surface area (Å²) in [5, 5.41) is 6.93. The second-order valence-corrected chi connectivity index (χ2v) is 6.26. The minimum absolute atomic E-state index is 0.257. The lowest BCUT2D eigenvalue weighted by Gasteiger charge is -2.26. The highest BCUT2D eigenvalue weighted by molar-refractivity contribution is 5.89. The van der Waals surface area contributed by atoms with Crippen LogP contribution in [0.2, 0.25) is 0 Å². The molecule has 0 aromatic carbocycles. The Labute approximate surface area is 130 Å². The van der Waals surface area contributed by atoms with E-state index < -0.39 is 11.6 Å². The molecule has 1 aliphatic heterocycles. The van der Waals surface area contributed by atoms with E-state index in [1.165, 1.54) is 0 Å². The standard InChI is InChI=1S/C15H23N3O4/c1-5-21-13(19)12-10-9-18(14(20)22-15(2,3)4)8-6-7-11(10)16-17-12/h5-9H2,1-4H3,(H,16,17). The Hall–Kier alpha value is -2.05. The Morgan fingerprint density at radius 1 is 1.36 bits per heavy atom. The lowest BCUT2D eigenvalue weighted by atomic mass is 10.1. The Bertz CT molecular complexity index is 560. The molecular weight excluding hydrogens is 286 g/mol. The summed E-state index contributed by atoms with van der Waals surface area (Å²) < 4.78 is 10.4. The van der Waals surface area contributed by atoms with E-state index in [9.17, 15) is 9.59 Å². The van der Waals surface area contributed by atoms with Crippen LogP contribution in [0.15, 0.2) is 0 Å². The molecule has 0 radical (unpaired) electrons. The van der Waals surface area contributed by atoms with Gasteiger partial charge in [-0.25, -0.2) is 9.59 Å². The van der Waals surface area contributed by atoms with Crippen molar-refractivity contribution in [1.82, 2.24) is 15.1 Å². The fourth-order valence-corrected chi connectivity index (χ4v) is 2.35. The van der Waals surface area contributed by atoms with Crippen LogP contribution < -0.4 is 0 Å². The summed E-state index contributed by atoms with van der Waals surface area (Å²) in [4.78, 5) is 25.8. The van der Waals surface area contributed by atoms with Gasteiger partial charge in [0, 0.05) is 17.8 Å². The summed E-state index contributed by atoms with van der Waals surface area (Å²) in [7, 11) is 0. The molecule has 7 nitrogen and oxygen atoms in total. The highest BCUT2D eigenvalue weighted by Crippen LogP contribution is 2.22. The summed E-state index contributed by atoms with van der Waals surface area (Å²) in [5.74, 6) is -0.467. The smallest absolute Gasteiger partial charge is 0.410 e. The van der Waals surface area contributed by atoms with Crippen molar-refractivity contribution >= 4 is 12.1 Å². The lowest BCUT2D eigenvalue weighted by Crippen LogP contribution is -2.36. The molecule has 1 aliphatic rings. The molecule has 7 heteroatoms. The van der Waals surface area contributed by atoms with Crippen molar-refractivity contribution in [2.75, 3.05) is 13.2 Å². The number of esters is 1. The van der Waals surface area contributed by atoms with E-state index >= 15 is 0 Å². The molecule has 2 heterocycles. The maximum Gasteiger partial charge on any atom is 0.410 e. The number of hydrogen-bond acceptors (Lipinski definition) is 5. The summed E-state index contributed by atoms with van der Waals surface area (Å²) in [6, 6.07) is 0. The minimum atomic E-state index is -0.549. The van der Waals surface area contributed by atoms with E-state index in [0.717, 1.165) is 24.1 Å². The highest BCUT2D eigenvalue weighted by Gasteiger charge is 2.29. The molecule has 0 saturated carbocycles. The van der Waals surface area contributed by atoms with E-state index in [0.29, 0.717) is 13.1 Å². The van der Waals surface area contributed by atoms with E-state index in [4.69, 9.17) is 9.47 Å². The molecule has 122 valence electrons. The van der Waals surface area contributed by atoms with E-state index in [1.54, 1.807) is 11.8 Å². The topological polar surface area (TPSA) is 84.5 Å². The fourth-order valence-electron chi connectivity index (χ4n) is 2.35. The molecule has 2 rings (SSSR count). The average molecular weight is 309 g/mol. The van der Waals surface area contributed by atoms with Gasteiger partial charge in [0.05, 0.1) is 13.2 Å². The van der Waals surface area contributed by atoms with Gasteiger partial charge in [-0.2, -0.15) is 5.10 Å². The van der Waals surface area contributed by atoms with Gasteiger partial charge in [0.1, 0.15) is 5.60 Å². The first-order valence-corrected chi connectivity index (χ1v) is 7.53. The third-order valence-electron chi connectivity index (χ3n) is 3.28. The Morgan fingerprint density at radius 3 is 2.73 bits per heavy atom. The average Bonchev–Trinajstić information content (AvgIpc) is 2.67. The number of carbonyl (C=O) groups excluding carboxylic acids is 2. The fraction of sp³-hybridized carbons (Fsp3) is 0.667. The number of ether oxygens (including phenoxy) is 2. The monoisotopic (exact) mass is 309 g/mol. The molecule has 1 N–H and O–H groups in total. The van der Waals surface area contributed by atoms with E-state index in [-0.39, 0.29) is 18.4 Å². The van der Waals surface area contributed by atoms with E-state index in [2.05, 4.69) is 10.2 Å². The number of rotatable bonds is 2. The number of nitrogens with one attached hydrogen (secondary N) is 1. The summed E-state index contributed by atoms with van der Waals surface area (Å²) in [6.45, 7) is 8.41. The zero-order valence-corrected chi connectivity index (χ0v) is 13.6. The zero-order valence-electron chi connectivity index (χ0n) is 13.6. The third kappa shape index (κ3) is 3.78. The molecule has 0 bridgehead atoms. The van der Waals surface area contributed by atoms with Crippen LogP contribution in [0.25, 0.3) is 0 Å². The number of amides is 1. The van der Waals surface area contributed by atoms with Crippen LogP contribution in [0.5, 0.6) is 0 Å². The molecule has 0 atom stereocenters. The molecule has 0 saturated heterocycles. The van der Waals surface area contributed by atoms with Crippen molar-refractivity contribution in [3.05, 3.63) is 17.0 Å². The maximum atomic E-state index is 12.3. The molecular formula is C15H23N3O4. The first-order valence-electron chi connectivity index (χ1n) is 7.53. The first kappa shape index (κ1) is 16.3. The van der Waals surface area contributed by atoms with Crippen LogP contribution in [0.3, 0.4) is 0 Å². The molecule has 22 heavy (non-hydrogen) atoms. The number of aromatic nitrogens is 2. The number of aryl methyl sites for hydroxylation is 1. The number of aromatic amines is 1. The number of carbonyl (C=O) groups is 2. The predicted octanol–water partition coefficient (Wildman–Crippen LogP) is 2.27. The Balaban J connectivity index is 2.20. The number of hydrogen-bond donors (Lipinski definition) is 1. The highest BCUT2D eigenvalue weighted by atomic mass is 16.6. The summed E-state index contributed by atoms with van der Waals surface area (Å²) in [6.07, 6.45) is 1.15. The number of H-pyrrole nitrogens is 1. The molecule has 0 spiro atoms. The third-order valence-corrected chi connectivity index (χ3v) is 3.28. The molecule has 0 unspecified atom stereocenters. The van der Waals surface area contributed by atoms with Crippen LogP contribution in [-0.4, -0.2) is 45.9 Å². The number of nitrogens with zero attached hydrogens (tertiary/aromatic N) is 2. The normalized spacial score (nSPS) is 15.0. The van der Waals surface area contributed by atoms with Crippen molar-refractivity contribution in [3.63, 3.8) is 0 Å². The van der Waals surface area contributed by atoms with Gasteiger partial charge in [-0.1, -0.05) is 0 Å². The second kappa shape index (κ2) is 6.37. The van der Waals surface area contributed by atoms with Crippen LogP contribution in [0, 0.1) is 0 Å². The molecule has 0 aliphatic carbocycles. The molecule has 1 aromatic rings. The molecule has 1 aromatic heterocycles. The Kier molecular flexibility index (Phi) is 4.73. The maximum absolute atomic E-state index is 12.3. The van der Waals surface area contributed by atoms with Gasteiger partial charge in [0.15, 0.2) is 5.69 Å². The quantitative estimate of drug-likeness (QED) is 0.847. The first-order chi connectivity index (χ1) is 10.3. The van der Waals surface area contributed by atoms with Crippen molar-refractivity contribution < 1.29 is 19.1 Å². The van der Waals surface area contributed by atoms with Crippen molar-refractivity contribution in [2.45, 2.75) is 52.7 Å². The second-order valence-electron chi connectivity index (χ2n) is 6.26. The SMILES string of the molecule is CCOC(=O)c1n[nH]c2c1CN(C(=O)OC(C)(C)C)CCC2. The van der Waals surface area contributed by atoms with Crippen molar-refractivity contribution in [1.29, 1.82) is 0 Å². The van der Waals surface area contributed by atoms with Gasteiger partial charge in [-0.05, 0) is 40.5 Å². The Morgan fingerprint density at radius 2 is 2.09 bits per heavy atom. The van der Waals surface area contributed by atoms with Gasteiger partial charge in [-0.15, -0.1) is 0 Å². The molecule has 1 amide bonds. The largest absolute Gasteiger partial charge is 0.461 e. The van der Waals surface area contributed by atoms with Crippen LogP contribution >= 0.6 is 0 Å². The summed E-state index contributed by atoms with van der Waals surface area (Å²) >= 11 is 0. The van der Waals surface area contributed by atoms with Crippen LogP contribution in [0.4, 0.5) is 4.79 Å². The number of fused-ring (bicyclic) bond motifs is 1. The van der Waals surface area contributed by atoms with E-state index in [1.807, 2.05) is 20.8 Å². The predicted molar refractivity (Wildman–Crippen MR) is 79.5 cm³/mol. The van der Waals surface area contributed by atoms with Crippen molar-refractivity contribution in [2.24, 2.45) is 0 Å². The molecule has 0 fully saturated rings. The zero-order chi connectivity index (χ0) is 16.3. The minimum Gasteiger partial charge on any atom is -0.461 e. The van der Waals surface area contributed by atoms with Gasteiger partial charge in [0.2, 0.25) is 0 Å². The van der Waals surface area contributed by atoms with Crippen LogP contribution in [0.1, 0.15) is 55.9 Å².